The third kappa shape index (κ3) is 5.63. The van der Waals surface area contributed by atoms with Gasteiger partial charge in [0.1, 0.15) is 22.7 Å². The summed E-state index contributed by atoms with van der Waals surface area (Å²) in [7, 11) is 3.87. The van der Waals surface area contributed by atoms with Crippen LogP contribution < -0.4 is 9.64 Å². The summed E-state index contributed by atoms with van der Waals surface area (Å²) in [5.74, 6) is 2.74. The first-order chi connectivity index (χ1) is 15.9. The van der Waals surface area contributed by atoms with E-state index in [2.05, 4.69) is 48.9 Å². The molecule has 1 aromatic heterocycles. The first-order valence-corrected chi connectivity index (χ1v) is 12.7. The van der Waals surface area contributed by atoms with E-state index in [1.165, 1.54) is 5.56 Å². The fourth-order valence-corrected chi connectivity index (χ4v) is 5.55. The average molecular weight is 467 g/mol. The zero-order valence-electron chi connectivity index (χ0n) is 20.2. The van der Waals surface area contributed by atoms with Gasteiger partial charge in [0.05, 0.1) is 24.9 Å². The van der Waals surface area contributed by atoms with Gasteiger partial charge in [-0.3, -0.25) is 0 Å². The molecule has 1 fully saturated rings. The van der Waals surface area contributed by atoms with Crippen LogP contribution in [0, 0.1) is 11.3 Å². The molecule has 1 aromatic carbocycles. The predicted octanol–water partition coefficient (Wildman–Crippen LogP) is 4.29. The van der Waals surface area contributed by atoms with Crippen molar-refractivity contribution in [1.82, 2.24) is 9.88 Å². The van der Waals surface area contributed by atoms with E-state index in [-0.39, 0.29) is 5.60 Å². The highest BCUT2D eigenvalue weighted by molar-refractivity contribution is 7.99. The van der Waals surface area contributed by atoms with Crippen LogP contribution in [-0.4, -0.2) is 61.6 Å². The van der Waals surface area contributed by atoms with Crippen molar-refractivity contribution in [3.05, 3.63) is 46.5 Å². The number of hydrogen-bond donors (Lipinski definition) is 0. The first kappa shape index (κ1) is 23.9. The summed E-state index contributed by atoms with van der Waals surface area (Å²) in [6, 6.07) is 10.7. The summed E-state index contributed by atoms with van der Waals surface area (Å²) in [6.07, 6.45) is 2.74. The number of thioether (sulfide) groups is 1. The maximum absolute atomic E-state index is 10.1. The Bertz CT molecular complexity index is 1030. The van der Waals surface area contributed by atoms with Crippen LogP contribution in [-0.2, 0) is 24.2 Å². The highest BCUT2D eigenvalue weighted by Gasteiger charge is 2.33. The van der Waals surface area contributed by atoms with E-state index in [4.69, 9.17) is 14.5 Å². The first-order valence-electron chi connectivity index (χ1n) is 11.7. The quantitative estimate of drug-likeness (QED) is 0.589. The number of anilines is 1. The molecule has 7 heteroatoms. The van der Waals surface area contributed by atoms with E-state index in [0.29, 0.717) is 6.61 Å². The number of pyridine rings is 1. The molecule has 0 spiro atoms. The average Bonchev–Trinajstić information content (AvgIpc) is 3.02. The number of nitrogens with zero attached hydrogens (tertiary/aromatic N) is 4. The van der Waals surface area contributed by atoms with Crippen molar-refractivity contribution >= 4 is 17.6 Å². The van der Waals surface area contributed by atoms with Crippen molar-refractivity contribution in [3.63, 3.8) is 0 Å². The van der Waals surface area contributed by atoms with Crippen LogP contribution in [0.3, 0.4) is 0 Å². The molecule has 2 aliphatic rings. The summed E-state index contributed by atoms with van der Waals surface area (Å²) in [5.41, 5.74) is 3.91. The summed E-state index contributed by atoms with van der Waals surface area (Å²) in [4.78, 5) is 9.88. The third-order valence-corrected chi connectivity index (χ3v) is 7.44. The normalized spacial score (nSPS) is 18.3. The highest BCUT2D eigenvalue weighted by atomic mass is 32.2. The van der Waals surface area contributed by atoms with Gasteiger partial charge in [-0.15, -0.1) is 11.8 Å². The van der Waals surface area contributed by atoms with E-state index in [1.807, 2.05) is 12.1 Å². The van der Waals surface area contributed by atoms with E-state index in [1.54, 1.807) is 18.9 Å². The maximum atomic E-state index is 10.1. The van der Waals surface area contributed by atoms with E-state index < -0.39 is 0 Å². The fraction of sp³-hybridized carbons (Fsp3) is 0.538. The Morgan fingerprint density at radius 3 is 2.85 bits per heavy atom. The number of aromatic nitrogens is 1. The number of benzene rings is 1. The van der Waals surface area contributed by atoms with Gasteiger partial charge in [0, 0.05) is 37.4 Å². The zero-order chi connectivity index (χ0) is 23.4. The molecule has 0 bridgehead atoms. The second-order valence-electron chi connectivity index (χ2n) is 9.50. The van der Waals surface area contributed by atoms with Crippen LogP contribution >= 0.6 is 11.8 Å². The summed E-state index contributed by atoms with van der Waals surface area (Å²) in [5, 5.41) is 11.0. The molecule has 4 rings (SSSR count). The van der Waals surface area contributed by atoms with Crippen LogP contribution in [0.25, 0.3) is 0 Å². The molecule has 1 saturated heterocycles. The minimum absolute atomic E-state index is 0.279. The van der Waals surface area contributed by atoms with E-state index in [9.17, 15) is 5.26 Å². The number of likely N-dealkylation sites (N-methyl/N-ethyl adjacent to an activating group) is 1. The molecule has 33 heavy (non-hydrogen) atoms. The minimum Gasteiger partial charge on any atom is -0.497 e. The molecule has 0 atom stereocenters. The monoisotopic (exact) mass is 466 g/mol. The van der Waals surface area contributed by atoms with Crippen molar-refractivity contribution in [2.75, 3.05) is 51.0 Å². The molecule has 176 valence electrons. The Morgan fingerprint density at radius 2 is 2.06 bits per heavy atom. The Labute approximate surface area is 201 Å². The lowest BCUT2D eigenvalue weighted by atomic mass is 9.89. The van der Waals surface area contributed by atoms with E-state index >= 15 is 0 Å². The second kappa shape index (κ2) is 10.3. The number of hydrogen-bond acceptors (Lipinski definition) is 7. The van der Waals surface area contributed by atoms with Crippen molar-refractivity contribution in [3.8, 4) is 11.8 Å². The largest absolute Gasteiger partial charge is 0.497 e. The lowest BCUT2D eigenvalue weighted by Crippen LogP contribution is -2.36. The molecule has 3 heterocycles. The van der Waals surface area contributed by atoms with E-state index in [0.717, 1.165) is 84.5 Å². The van der Waals surface area contributed by atoms with Crippen molar-refractivity contribution in [1.29, 1.82) is 5.26 Å². The summed E-state index contributed by atoms with van der Waals surface area (Å²) < 4.78 is 11.5. The van der Waals surface area contributed by atoms with Crippen LogP contribution in [0.15, 0.2) is 29.3 Å². The highest BCUT2D eigenvalue weighted by Crippen LogP contribution is 2.39. The molecular weight excluding hydrogens is 432 g/mol. The number of methoxy groups -OCH3 is 1. The smallest absolute Gasteiger partial charge is 0.135 e. The molecule has 0 aliphatic carbocycles. The van der Waals surface area contributed by atoms with Gasteiger partial charge in [-0.25, -0.2) is 4.98 Å². The van der Waals surface area contributed by atoms with Gasteiger partial charge in [-0.2, -0.15) is 5.26 Å². The number of aryl methyl sites for hydroxylation is 1. The predicted molar refractivity (Wildman–Crippen MR) is 133 cm³/mol. The lowest BCUT2D eigenvalue weighted by Gasteiger charge is -2.35. The van der Waals surface area contributed by atoms with Gasteiger partial charge in [-0.1, -0.05) is 12.1 Å². The number of fused-ring (bicyclic) bond motifs is 1. The number of ether oxygens (including phenoxy) is 2. The fourth-order valence-electron chi connectivity index (χ4n) is 4.56. The molecule has 0 unspecified atom stereocenters. The molecule has 0 amide bonds. The number of rotatable bonds is 6. The molecule has 0 radical (unpaired) electrons. The molecule has 2 aliphatic heterocycles. The minimum atomic E-state index is -0.279. The van der Waals surface area contributed by atoms with Crippen LogP contribution in [0.1, 0.15) is 42.5 Å². The van der Waals surface area contributed by atoms with Crippen molar-refractivity contribution in [2.24, 2.45) is 0 Å². The Kier molecular flexibility index (Phi) is 7.48. The van der Waals surface area contributed by atoms with Gasteiger partial charge >= 0.3 is 0 Å². The molecule has 2 aromatic rings. The van der Waals surface area contributed by atoms with Gasteiger partial charge < -0.3 is 19.3 Å². The third-order valence-electron chi connectivity index (χ3n) is 6.46. The molecule has 6 nitrogen and oxygen atoms in total. The number of nitriles is 1. The molecular formula is C26H34N4O2S. The zero-order valence-corrected chi connectivity index (χ0v) is 21.0. The second-order valence-corrected chi connectivity index (χ2v) is 10.6. The standard InChI is InChI=1S/C26H34N4O2S/c1-26(2)16-21-22(17-27)25(33-14-9-19-7-5-8-20(15-19)31-4)28-24(23(21)18-32-26)30-11-6-10-29(3)12-13-30/h5,7-8,15H,6,9-14,16,18H2,1-4H3. The van der Waals surface area contributed by atoms with Crippen LogP contribution in [0.4, 0.5) is 5.82 Å². The topological polar surface area (TPSA) is 61.6 Å². The van der Waals surface area contributed by atoms with Gasteiger partial charge in [0.2, 0.25) is 0 Å². The lowest BCUT2D eigenvalue weighted by molar-refractivity contribution is -0.0402. The molecule has 0 saturated carbocycles. The SMILES string of the molecule is COc1cccc(CCSc2nc(N3CCCN(C)CC3)c3c(c2C#N)CC(C)(C)OC3)c1. The van der Waals surface area contributed by atoms with Crippen molar-refractivity contribution in [2.45, 2.75) is 50.3 Å². The van der Waals surface area contributed by atoms with Crippen LogP contribution in [0.2, 0.25) is 0 Å². The van der Waals surface area contributed by atoms with Gasteiger partial charge in [0.25, 0.3) is 0 Å². The Balaban J connectivity index is 1.64. The summed E-state index contributed by atoms with van der Waals surface area (Å²) >= 11 is 1.68. The Hall–Kier alpha value is -2.27. The maximum Gasteiger partial charge on any atom is 0.135 e. The van der Waals surface area contributed by atoms with Crippen LogP contribution in [0.5, 0.6) is 5.75 Å². The Morgan fingerprint density at radius 1 is 1.21 bits per heavy atom. The summed E-state index contributed by atoms with van der Waals surface area (Å²) in [6.45, 7) is 8.76. The van der Waals surface area contributed by atoms with Crippen molar-refractivity contribution < 1.29 is 9.47 Å². The van der Waals surface area contributed by atoms with Gasteiger partial charge in [-0.05, 0) is 63.5 Å². The van der Waals surface area contributed by atoms with Gasteiger partial charge in [0.15, 0.2) is 0 Å². The molecule has 0 N–H and O–H groups in total.